The molecular weight excluding hydrogens is 228 g/mol. The van der Waals surface area contributed by atoms with Gasteiger partial charge in [-0.05, 0) is 13.0 Å². The van der Waals surface area contributed by atoms with E-state index in [9.17, 15) is 9.59 Å². The molecule has 0 aliphatic rings. The molecule has 0 aliphatic carbocycles. The van der Waals surface area contributed by atoms with E-state index in [1.807, 2.05) is 0 Å². The average Bonchev–Trinajstić information content (AvgIpc) is 2.65. The summed E-state index contributed by atoms with van der Waals surface area (Å²) in [5.41, 5.74) is 7.71. The van der Waals surface area contributed by atoms with Crippen molar-refractivity contribution in [2.45, 2.75) is 13.5 Å². The number of hydroxylamine groups is 1. The van der Waals surface area contributed by atoms with Crippen LogP contribution in [0.4, 0.5) is 0 Å². The van der Waals surface area contributed by atoms with Crippen LogP contribution in [0.25, 0.3) is 0 Å². The van der Waals surface area contributed by atoms with E-state index < -0.39 is 11.9 Å². The Morgan fingerprint density at radius 3 is 2.82 bits per heavy atom. The molecule has 0 spiro atoms. The van der Waals surface area contributed by atoms with Crippen LogP contribution in [-0.2, 0) is 20.9 Å². The summed E-state index contributed by atoms with van der Waals surface area (Å²) in [6.45, 7) is 1.63. The van der Waals surface area contributed by atoms with Gasteiger partial charge >= 0.3 is 5.97 Å². The fourth-order valence-corrected chi connectivity index (χ4v) is 1.19. The van der Waals surface area contributed by atoms with Crippen LogP contribution in [-0.4, -0.2) is 25.6 Å². The number of amides is 1. The molecule has 0 saturated carbocycles. The predicted molar refractivity (Wildman–Crippen MR) is 56.8 cm³/mol. The molecule has 0 aliphatic heterocycles. The monoisotopic (exact) mass is 242 g/mol. The summed E-state index contributed by atoms with van der Waals surface area (Å²) in [6.07, 6.45) is 0. The SMILES string of the molecule is COC(=O)c1cc(CNOCC(N)=O)oc1C. The number of rotatable bonds is 6. The van der Waals surface area contributed by atoms with Crippen molar-refractivity contribution in [2.75, 3.05) is 13.7 Å². The Kier molecular flexibility index (Phi) is 4.68. The number of carbonyl (C=O) groups excluding carboxylic acids is 2. The lowest BCUT2D eigenvalue weighted by atomic mass is 10.2. The first kappa shape index (κ1) is 13.2. The minimum atomic E-state index is -0.580. The van der Waals surface area contributed by atoms with Gasteiger partial charge in [-0.1, -0.05) is 0 Å². The molecule has 94 valence electrons. The van der Waals surface area contributed by atoms with Crippen molar-refractivity contribution in [1.29, 1.82) is 0 Å². The summed E-state index contributed by atoms with van der Waals surface area (Å²) in [5.74, 6) is -0.0881. The number of hydrogen-bond acceptors (Lipinski definition) is 6. The van der Waals surface area contributed by atoms with Crippen LogP contribution >= 0.6 is 0 Å². The smallest absolute Gasteiger partial charge is 0.341 e. The number of esters is 1. The lowest BCUT2D eigenvalue weighted by Crippen LogP contribution is -2.24. The van der Waals surface area contributed by atoms with Crippen LogP contribution < -0.4 is 11.2 Å². The molecule has 7 nitrogen and oxygen atoms in total. The Hall–Kier alpha value is -1.86. The number of nitrogens with two attached hydrogens (primary N) is 1. The molecule has 1 rings (SSSR count). The molecule has 1 aromatic rings. The van der Waals surface area contributed by atoms with E-state index in [0.717, 1.165) is 0 Å². The highest BCUT2D eigenvalue weighted by molar-refractivity contribution is 5.90. The number of furan rings is 1. The third kappa shape index (κ3) is 3.89. The van der Waals surface area contributed by atoms with Crippen molar-refractivity contribution < 1.29 is 23.6 Å². The summed E-state index contributed by atoms with van der Waals surface area (Å²) in [6, 6.07) is 1.54. The minimum absolute atomic E-state index is 0.213. The highest BCUT2D eigenvalue weighted by Gasteiger charge is 2.14. The lowest BCUT2D eigenvalue weighted by Gasteiger charge is -2.00. The fraction of sp³-hybridized carbons (Fsp3) is 0.400. The quantitative estimate of drug-likeness (QED) is 0.409. The van der Waals surface area contributed by atoms with Gasteiger partial charge in [0.15, 0.2) is 0 Å². The summed E-state index contributed by atoms with van der Waals surface area (Å²) in [4.78, 5) is 26.4. The van der Waals surface area contributed by atoms with E-state index in [1.54, 1.807) is 13.0 Å². The Bertz CT molecular complexity index is 413. The van der Waals surface area contributed by atoms with Gasteiger partial charge < -0.3 is 14.9 Å². The molecule has 0 atom stereocenters. The maximum absolute atomic E-state index is 11.3. The molecule has 7 heteroatoms. The summed E-state index contributed by atoms with van der Waals surface area (Å²) in [7, 11) is 1.29. The average molecular weight is 242 g/mol. The van der Waals surface area contributed by atoms with Crippen molar-refractivity contribution >= 4 is 11.9 Å². The van der Waals surface area contributed by atoms with Gasteiger partial charge in [-0.3, -0.25) is 9.63 Å². The normalized spacial score (nSPS) is 10.2. The lowest BCUT2D eigenvalue weighted by molar-refractivity contribution is -0.125. The van der Waals surface area contributed by atoms with E-state index in [1.165, 1.54) is 7.11 Å². The molecule has 3 N–H and O–H groups in total. The summed E-state index contributed by atoms with van der Waals surface area (Å²) >= 11 is 0. The minimum Gasteiger partial charge on any atom is -0.465 e. The first-order chi connectivity index (χ1) is 8.04. The van der Waals surface area contributed by atoms with Crippen molar-refractivity contribution in [1.82, 2.24) is 5.48 Å². The van der Waals surface area contributed by atoms with Crippen molar-refractivity contribution in [3.8, 4) is 0 Å². The van der Waals surface area contributed by atoms with Gasteiger partial charge in [0, 0.05) is 0 Å². The van der Waals surface area contributed by atoms with Crippen LogP contribution in [0, 0.1) is 6.92 Å². The van der Waals surface area contributed by atoms with E-state index in [2.05, 4.69) is 10.2 Å². The number of ether oxygens (including phenoxy) is 1. The largest absolute Gasteiger partial charge is 0.465 e. The van der Waals surface area contributed by atoms with Gasteiger partial charge in [-0.15, -0.1) is 0 Å². The Labute approximate surface area is 97.8 Å². The molecule has 1 aromatic heterocycles. The maximum atomic E-state index is 11.3. The van der Waals surface area contributed by atoms with Crippen molar-refractivity contribution in [2.24, 2.45) is 5.73 Å². The predicted octanol–water partition coefficient (Wildman–Crippen LogP) is -0.119. The van der Waals surface area contributed by atoms with Gasteiger partial charge in [0.2, 0.25) is 5.91 Å². The molecule has 0 saturated heterocycles. The van der Waals surface area contributed by atoms with Crippen LogP contribution in [0.1, 0.15) is 21.9 Å². The molecule has 1 amide bonds. The first-order valence-electron chi connectivity index (χ1n) is 4.85. The van der Waals surface area contributed by atoms with Crippen molar-refractivity contribution in [3.63, 3.8) is 0 Å². The highest BCUT2D eigenvalue weighted by atomic mass is 16.6. The second-order valence-electron chi connectivity index (χ2n) is 3.25. The zero-order valence-electron chi connectivity index (χ0n) is 9.61. The van der Waals surface area contributed by atoms with E-state index in [0.29, 0.717) is 17.1 Å². The molecule has 17 heavy (non-hydrogen) atoms. The Morgan fingerprint density at radius 1 is 1.53 bits per heavy atom. The topological polar surface area (TPSA) is 104 Å². The first-order valence-corrected chi connectivity index (χ1v) is 4.85. The number of carbonyl (C=O) groups is 2. The van der Waals surface area contributed by atoms with Crippen LogP contribution in [0.2, 0.25) is 0 Å². The molecule has 0 unspecified atom stereocenters. The van der Waals surface area contributed by atoms with Gasteiger partial charge in [0.05, 0.1) is 13.7 Å². The summed E-state index contributed by atoms with van der Waals surface area (Å²) in [5, 5.41) is 0. The standard InChI is InChI=1S/C10H14N2O5/c1-6-8(10(14)15-2)3-7(17-6)4-12-16-5-9(11)13/h3,12H,4-5H2,1-2H3,(H2,11,13). The van der Waals surface area contributed by atoms with Gasteiger partial charge in [-0.25, -0.2) is 4.79 Å². The Morgan fingerprint density at radius 2 is 2.24 bits per heavy atom. The second-order valence-corrected chi connectivity index (χ2v) is 3.25. The Balaban J connectivity index is 2.50. The van der Waals surface area contributed by atoms with E-state index >= 15 is 0 Å². The third-order valence-electron chi connectivity index (χ3n) is 1.94. The molecular formula is C10H14N2O5. The number of hydrogen-bond donors (Lipinski definition) is 2. The summed E-state index contributed by atoms with van der Waals surface area (Å²) < 4.78 is 9.86. The van der Waals surface area contributed by atoms with Gasteiger partial charge in [-0.2, -0.15) is 5.48 Å². The number of methoxy groups -OCH3 is 1. The zero-order valence-corrected chi connectivity index (χ0v) is 9.61. The third-order valence-corrected chi connectivity index (χ3v) is 1.94. The van der Waals surface area contributed by atoms with Crippen LogP contribution in [0.3, 0.4) is 0 Å². The molecule has 0 aromatic carbocycles. The van der Waals surface area contributed by atoms with Gasteiger partial charge in [0.25, 0.3) is 0 Å². The second kappa shape index (κ2) is 6.02. The van der Waals surface area contributed by atoms with Gasteiger partial charge in [0.1, 0.15) is 23.7 Å². The van der Waals surface area contributed by atoms with Crippen LogP contribution in [0.5, 0.6) is 0 Å². The molecule has 0 bridgehead atoms. The number of nitrogens with one attached hydrogen (secondary N) is 1. The zero-order chi connectivity index (χ0) is 12.8. The molecule has 0 fully saturated rings. The van der Waals surface area contributed by atoms with E-state index in [-0.39, 0.29) is 13.2 Å². The van der Waals surface area contributed by atoms with Crippen LogP contribution in [0.15, 0.2) is 10.5 Å². The van der Waals surface area contributed by atoms with E-state index in [4.69, 9.17) is 15.0 Å². The molecule has 0 radical (unpaired) electrons. The molecule has 1 heterocycles. The highest BCUT2D eigenvalue weighted by Crippen LogP contribution is 2.15. The number of primary amides is 1. The van der Waals surface area contributed by atoms with Crippen molar-refractivity contribution in [3.05, 3.63) is 23.2 Å². The maximum Gasteiger partial charge on any atom is 0.341 e. The fourth-order valence-electron chi connectivity index (χ4n) is 1.19. The number of aryl methyl sites for hydroxylation is 1.